The molecular formula is C16H26N4O3. The molecule has 4 rings (SSSR count). The van der Waals surface area contributed by atoms with Gasteiger partial charge in [0.15, 0.2) is 0 Å². The summed E-state index contributed by atoms with van der Waals surface area (Å²) < 4.78 is 4.95. The molecule has 2 bridgehead atoms. The van der Waals surface area contributed by atoms with Crippen LogP contribution in [0.2, 0.25) is 0 Å². The lowest BCUT2D eigenvalue weighted by molar-refractivity contribution is 0.0321. The number of piperidine rings is 2. The van der Waals surface area contributed by atoms with Crippen molar-refractivity contribution in [3.8, 4) is 0 Å². The summed E-state index contributed by atoms with van der Waals surface area (Å²) in [5.41, 5.74) is -0.0285. The van der Waals surface area contributed by atoms with Gasteiger partial charge in [-0.2, -0.15) is 0 Å². The first-order valence-electron chi connectivity index (χ1n) is 8.76. The molecule has 0 aliphatic carbocycles. The molecule has 0 radical (unpaired) electrons. The molecule has 2 atom stereocenters. The highest BCUT2D eigenvalue weighted by atomic mass is 16.5. The summed E-state index contributed by atoms with van der Waals surface area (Å²) in [7, 11) is 1.47. The van der Waals surface area contributed by atoms with Crippen molar-refractivity contribution >= 4 is 12.1 Å². The Kier molecular flexibility index (Phi) is 3.63. The highest BCUT2D eigenvalue weighted by Gasteiger charge is 2.47. The van der Waals surface area contributed by atoms with Crippen LogP contribution in [0.4, 0.5) is 9.59 Å². The number of rotatable bonds is 1. The molecule has 3 amide bonds. The second-order valence-electron chi connectivity index (χ2n) is 7.51. The van der Waals surface area contributed by atoms with Crippen molar-refractivity contribution in [3.05, 3.63) is 0 Å². The van der Waals surface area contributed by atoms with E-state index in [1.165, 1.54) is 7.11 Å². The molecule has 4 aliphatic rings. The van der Waals surface area contributed by atoms with Crippen molar-refractivity contribution in [2.75, 3.05) is 26.7 Å². The maximum atomic E-state index is 12.0. The van der Waals surface area contributed by atoms with E-state index >= 15 is 0 Å². The van der Waals surface area contributed by atoms with Gasteiger partial charge in [0.1, 0.15) is 0 Å². The van der Waals surface area contributed by atoms with Gasteiger partial charge in [-0.1, -0.05) is 0 Å². The molecule has 0 aromatic rings. The second-order valence-corrected chi connectivity index (χ2v) is 7.51. The van der Waals surface area contributed by atoms with Gasteiger partial charge in [-0.3, -0.25) is 0 Å². The molecule has 128 valence electrons. The minimum atomic E-state index is -0.159. The summed E-state index contributed by atoms with van der Waals surface area (Å²) in [4.78, 5) is 27.9. The Bertz CT molecular complexity index is 490. The summed E-state index contributed by atoms with van der Waals surface area (Å²) in [6.45, 7) is 2.82. The standard InChI is InChI=1S/C16H26N4O3/c1-23-15(22)20-11-2-3-12(20)9-13(8-11)19-6-4-16(5-7-19)10-17-14(21)18-16/h11-13H,2-10H2,1H3,(H2,17,18,21). The minimum absolute atomic E-state index is 0.0251. The molecule has 1 spiro atoms. The van der Waals surface area contributed by atoms with Crippen LogP contribution in [-0.4, -0.2) is 72.3 Å². The van der Waals surface area contributed by atoms with Crippen molar-refractivity contribution in [1.29, 1.82) is 0 Å². The number of methoxy groups -OCH3 is 1. The first-order valence-corrected chi connectivity index (χ1v) is 8.76. The van der Waals surface area contributed by atoms with Crippen LogP contribution in [0.3, 0.4) is 0 Å². The van der Waals surface area contributed by atoms with E-state index in [9.17, 15) is 9.59 Å². The van der Waals surface area contributed by atoms with Crippen LogP contribution in [-0.2, 0) is 4.74 Å². The van der Waals surface area contributed by atoms with Crippen LogP contribution >= 0.6 is 0 Å². The van der Waals surface area contributed by atoms with Crippen molar-refractivity contribution in [2.45, 2.75) is 62.2 Å². The number of nitrogens with one attached hydrogen (secondary N) is 2. The summed E-state index contributed by atoms with van der Waals surface area (Å²) in [6, 6.07) is 1.23. The van der Waals surface area contributed by atoms with Gasteiger partial charge < -0.3 is 25.2 Å². The lowest BCUT2D eigenvalue weighted by atomic mass is 9.86. The number of likely N-dealkylation sites (tertiary alicyclic amines) is 1. The van der Waals surface area contributed by atoms with E-state index in [1.54, 1.807) is 0 Å². The average molecular weight is 322 g/mol. The number of carbonyl (C=O) groups is 2. The van der Waals surface area contributed by atoms with Gasteiger partial charge in [-0.25, -0.2) is 9.59 Å². The second kappa shape index (κ2) is 5.54. The number of hydrogen-bond acceptors (Lipinski definition) is 4. The third-order valence-electron chi connectivity index (χ3n) is 6.33. The van der Waals surface area contributed by atoms with Crippen LogP contribution in [0, 0.1) is 0 Å². The Labute approximate surface area is 136 Å². The van der Waals surface area contributed by atoms with E-state index in [2.05, 4.69) is 15.5 Å². The third kappa shape index (κ3) is 2.55. The first kappa shape index (κ1) is 15.1. The molecule has 2 N–H and O–H groups in total. The van der Waals surface area contributed by atoms with Crippen LogP contribution in [0.15, 0.2) is 0 Å². The predicted octanol–water partition coefficient (Wildman–Crippen LogP) is 0.896. The number of amides is 3. The van der Waals surface area contributed by atoms with Crippen molar-refractivity contribution in [3.63, 3.8) is 0 Å². The quantitative estimate of drug-likeness (QED) is 0.752. The Balaban J connectivity index is 1.36. The highest BCUT2D eigenvalue weighted by molar-refractivity contribution is 5.77. The molecule has 23 heavy (non-hydrogen) atoms. The SMILES string of the molecule is COC(=O)N1C2CCC1CC(N1CCC3(CC1)CNC(=O)N3)C2. The molecule has 0 aromatic heterocycles. The number of fused-ring (bicyclic) bond motifs is 2. The van der Waals surface area contributed by atoms with Gasteiger partial charge >= 0.3 is 12.1 Å². The largest absolute Gasteiger partial charge is 0.453 e. The van der Waals surface area contributed by atoms with E-state index in [0.717, 1.165) is 58.2 Å². The number of hydrogen-bond donors (Lipinski definition) is 2. The smallest absolute Gasteiger partial charge is 0.409 e. The third-order valence-corrected chi connectivity index (χ3v) is 6.33. The van der Waals surface area contributed by atoms with Crippen LogP contribution in [0.25, 0.3) is 0 Å². The van der Waals surface area contributed by atoms with Crippen molar-refractivity contribution < 1.29 is 14.3 Å². The zero-order chi connectivity index (χ0) is 16.0. The Morgan fingerprint density at radius 2 is 1.83 bits per heavy atom. The van der Waals surface area contributed by atoms with Gasteiger partial charge in [0, 0.05) is 37.8 Å². The fraction of sp³-hybridized carbons (Fsp3) is 0.875. The van der Waals surface area contributed by atoms with Gasteiger partial charge in [0.25, 0.3) is 0 Å². The molecular weight excluding hydrogens is 296 g/mol. The summed E-state index contributed by atoms with van der Waals surface area (Å²) in [5.74, 6) is 0. The molecule has 4 fully saturated rings. The van der Waals surface area contributed by atoms with Crippen molar-refractivity contribution in [2.24, 2.45) is 0 Å². The summed E-state index contributed by atoms with van der Waals surface area (Å²) in [5, 5.41) is 6.00. The molecule has 4 aliphatic heterocycles. The van der Waals surface area contributed by atoms with E-state index in [4.69, 9.17) is 4.74 Å². The molecule has 2 unspecified atom stereocenters. The normalized spacial score (nSPS) is 36.0. The van der Waals surface area contributed by atoms with E-state index in [-0.39, 0.29) is 17.7 Å². The van der Waals surface area contributed by atoms with E-state index in [1.807, 2.05) is 4.90 Å². The number of carbonyl (C=O) groups excluding carboxylic acids is 2. The fourth-order valence-electron chi connectivity index (χ4n) is 5.05. The monoisotopic (exact) mass is 322 g/mol. The number of urea groups is 1. The van der Waals surface area contributed by atoms with Crippen molar-refractivity contribution in [1.82, 2.24) is 20.4 Å². The Morgan fingerprint density at radius 1 is 1.17 bits per heavy atom. The van der Waals surface area contributed by atoms with E-state index < -0.39 is 0 Å². The number of ether oxygens (including phenoxy) is 1. The van der Waals surface area contributed by atoms with Crippen LogP contribution < -0.4 is 10.6 Å². The molecule has 4 saturated heterocycles. The first-order chi connectivity index (χ1) is 11.1. The average Bonchev–Trinajstić information content (AvgIpc) is 3.04. The lowest BCUT2D eigenvalue weighted by Crippen LogP contribution is -2.58. The zero-order valence-corrected chi connectivity index (χ0v) is 13.7. The maximum absolute atomic E-state index is 12.0. The highest BCUT2D eigenvalue weighted by Crippen LogP contribution is 2.39. The number of nitrogens with zero attached hydrogens (tertiary/aromatic N) is 2. The Morgan fingerprint density at radius 3 is 2.35 bits per heavy atom. The molecule has 7 heteroatoms. The van der Waals surface area contributed by atoms with Gasteiger partial charge in [0.2, 0.25) is 0 Å². The maximum Gasteiger partial charge on any atom is 0.409 e. The van der Waals surface area contributed by atoms with Crippen LogP contribution in [0.1, 0.15) is 38.5 Å². The van der Waals surface area contributed by atoms with Gasteiger partial charge in [-0.05, 0) is 38.5 Å². The molecule has 7 nitrogen and oxygen atoms in total. The van der Waals surface area contributed by atoms with Gasteiger partial charge in [-0.15, -0.1) is 0 Å². The van der Waals surface area contributed by atoms with E-state index in [0.29, 0.717) is 18.1 Å². The molecule has 4 heterocycles. The summed E-state index contributed by atoms with van der Waals surface area (Å²) in [6.07, 6.45) is 6.19. The predicted molar refractivity (Wildman–Crippen MR) is 84.1 cm³/mol. The minimum Gasteiger partial charge on any atom is -0.453 e. The fourth-order valence-corrected chi connectivity index (χ4v) is 5.05. The zero-order valence-electron chi connectivity index (χ0n) is 13.7. The topological polar surface area (TPSA) is 73.9 Å². The summed E-state index contributed by atoms with van der Waals surface area (Å²) >= 11 is 0. The molecule has 0 saturated carbocycles. The Hall–Kier alpha value is -1.50. The molecule has 0 aromatic carbocycles. The lowest BCUT2D eigenvalue weighted by Gasteiger charge is -2.46. The van der Waals surface area contributed by atoms with Gasteiger partial charge in [0.05, 0.1) is 12.6 Å². The van der Waals surface area contributed by atoms with Crippen LogP contribution in [0.5, 0.6) is 0 Å².